The molecule has 3 saturated carbocycles. The van der Waals surface area contributed by atoms with E-state index in [1.807, 2.05) is 5.57 Å². The molecule has 0 spiro atoms. The average Bonchev–Trinajstić information content (AvgIpc) is 3.00. The van der Waals surface area contributed by atoms with Crippen LogP contribution in [0.4, 0.5) is 0 Å². The highest BCUT2D eigenvalue weighted by molar-refractivity contribution is 5.32. The second-order valence-corrected chi connectivity index (χ2v) is 13.3. The predicted octanol–water partition coefficient (Wildman–Crippen LogP) is 8.19. The van der Waals surface area contributed by atoms with Gasteiger partial charge in [0.25, 0.3) is 0 Å². The van der Waals surface area contributed by atoms with Gasteiger partial charge in [-0.3, -0.25) is 0 Å². The van der Waals surface area contributed by atoms with Crippen LogP contribution in [0.1, 0.15) is 106 Å². The Morgan fingerprint density at radius 2 is 1.77 bits per heavy atom. The fourth-order valence-corrected chi connectivity index (χ4v) is 9.20. The number of allylic oxidation sites excluding steroid dienone is 3. The zero-order valence-electron chi connectivity index (χ0n) is 21.6. The van der Waals surface area contributed by atoms with Gasteiger partial charge < -0.3 is 5.11 Å². The Labute approximate surface area is 193 Å². The van der Waals surface area contributed by atoms with Crippen molar-refractivity contribution in [2.24, 2.45) is 51.8 Å². The fraction of sp³-hybridized carbons (Fsp3) is 0.867. The summed E-state index contributed by atoms with van der Waals surface area (Å²) in [5.74, 6) is 4.13. The summed E-state index contributed by atoms with van der Waals surface area (Å²) in [5.41, 5.74) is 4.44. The summed E-state index contributed by atoms with van der Waals surface area (Å²) >= 11 is 0. The van der Waals surface area contributed by atoms with Crippen molar-refractivity contribution < 1.29 is 5.11 Å². The van der Waals surface area contributed by atoms with Crippen LogP contribution in [0, 0.1) is 51.8 Å². The minimum absolute atomic E-state index is 0.0861. The molecule has 1 nitrogen and oxygen atoms in total. The van der Waals surface area contributed by atoms with Crippen molar-refractivity contribution >= 4 is 0 Å². The molecule has 0 saturated heterocycles. The van der Waals surface area contributed by atoms with Gasteiger partial charge in [0, 0.05) is 0 Å². The van der Waals surface area contributed by atoms with Crippen molar-refractivity contribution in [1.82, 2.24) is 0 Å². The first-order valence-electron chi connectivity index (χ1n) is 13.5. The number of fused-ring (bicyclic) bond motifs is 5. The van der Waals surface area contributed by atoms with Crippen molar-refractivity contribution in [1.29, 1.82) is 0 Å². The van der Waals surface area contributed by atoms with Crippen molar-refractivity contribution in [2.75, 3.05) is 0 Å². The molecule has 4 aliphatic rings. The zero-order chi connectivity index (χ0) is 22.8. The number of hydrogen-bond acceptors (Lipinski definition) is 1. The second-order valence-electron chi connectivity index (χ2n) is 13.3. The van der Waals surface area contributed by atoms with Crippen LogP contribution >= 0.6 is 0 Å². The van der Waals surface area contributed by atoms with Crippen LogP contribution in [0.2, 0.25) is 0 Å². The smallest absolute Gasteiger partial charge is 0.0569 e. The molecule has 0 amide bonds. The summed E-state index contributed by atoms with van der Waals surface area (Å²) in [7, 11) is 0. The summed E-state index contributed by atoms with van der Waals surface area (Å²) in [6.07, 6.45) is 14.1. The van der Waals surface area contributed by atoms with Crippen molar-refractivity contribution in [3.8, 4) is 0 Å². The van der Waals surface area contributed by atoms with E-state index in [0.717, 1.165) is 24.2 Å². The molecule has 0 aliphatic heterocycles. The molecule has 0 aromatic carbocycles. The summed E-state index contributed by atoms with van der Waals surface area (Å²) in [6.45, 7) is 21.7. The maximum atomic E-state index is 10.6. The highest BCUT2D eigenvalue weighted by atomic mass is 16.3. The molecule has 0 radical (unpaired) electrons. The van der Waals surface area contributed by atoms with Crippen LogP contribution in [-0.4, -0.2) is 11.2 Å². The van der Waals surface area contributed by atoms with Crippen molar-refractivity contribution in [3.05, 3.63) is 23.8 Å². The molecule has 3 fully saturated rings. The van der Waals surface area contributed by atoms with Crippen LogP contribution in [0.3, 0.4) is 0 Å². The Morgan fingerprint density at radius 3 is 2.45 bits per heavy atom. The molecule has 1 unspecified atom stereocenters. The molecule has 0 heterocycles. The standard InChI is InChI=1S/C30H50O/c1-19(2)20(3)9-10-21(4)23-13-17-30(8)26-12-11-24-22(5)27(31)15-16-28(24,6)25(26)14-18-29(23,30)7/h14,19,21-24,26-27,31H,3,9-13,15-18H2,1-2,4-8H3/t21-,22+,23-,24?,26-,27+,28+,29-,30+/m1/s1. The van der Waals surface area contributed by atoms with E-state index >= 15 is 0 Å². The van der Waals surface area contributed by atoms with Gasteiger partial charge in [0.05, 0.1) is 6.10 Å². The molecule has 0 bridgehead atoms. The molecule has 9 atom stereocenters. The third-order valence-electron chi connectivity index (χ3n) is 11.9. The molecular weight excluding hydrogens is 376 g/mol. The third kappa shape index (κ3) is 3.43. The van der Waals surface area contributed by atoms with E-state index in [1.54, 1.807) is 0 Å². The van der Waals surface area contributed by atoms with E-state index in [1.165, 1.54) is 56.9 Å². The Balaban J connectivity index is 1.59. The lowest BCUT2D eigenvalue weighted by Crippen LogP contribution is -2.55. The van der Waals surface area contributed by atoms with E-state index < -0.39 is 0 Å². The average molecular weight is 427 g/mol. The van der Waals surface area contributed by atoms with Crippen LogP contribution in [-0.2, 0) is 0 Å². The predicted molar refractivity (Wildman–Crippen MR) is 133 cm³/mol. The molecule has 1 N–H and O–H groups in total. The monoisotopic (exact) mass is 426 g/mol. The number of rotatable bonds is 5. The van der Waals surface area contributed by atoms with Crippen molar-refractivity contribution in [2.45, 2.75) is 112 Å². The van der Waals surface area contributed by atoms with Gasteiger partial charge >= 0.3 is 0 Å². The van der Waals surface area contributed by atoms with E-state index in [4.69, 9.17) is 0 Å². The van der Waals surface area contributed by atoms with Gasteiger partial charge in [-0.25, -0.2) is 0 Å². The Bertz CT molecular complexity index is 733. The lowest BCUT2D eigenvalue weighted by atomic mass is 9.43. The molecule has 0 aromatic heterocycles. The summed E-state index contributed by atoms with van der Waals surface area (Å²) in [5, 5.41) is 10.6. The lowest BCUT2D eigenvalue weighted by molar-refractivity contribution is -0.0779. The number of aliphatic hydroxyl groups is 1. The van der Waals surface area contributed by atoms with Gasteiger partial charge in [-0.05, 0) is 110 Å². The molecule has 1 heteroatoms. The second kappa shape index (κ2) is 8.03. The minimum Gasteiger partial charge on any atom is -0.393 e. The van der Waals surface area contributed by atoms with Gasteiger partial charge in [-0.1, -0.05) is 72.3 Å². The van der Waals surface area contributed by atoms with Gasteiger partial charge in [0.15, 0.2) is 0 Å². The topological polar surface area (TPSA) is 20.2 Å². The van der Waals surface area contributed by atoms with Gasteiger partial charge in [0.2, 0.25) is 0 Å². The highest BCUT2D eigenvalue weighted by Crippen LogP contribution is 2.72. The Kier molecular flexibility index (Phi) is 6.11. The SMILES string of the molecule is C=C(CC[C@@H](C)[C@H]1CC[C@@]2(C)[C@@H]3CCC4[C@H](C)[C@@H](O)CC[C@]4(C)C3=CC[C@]12C)C(C)C. The van der Waals surface area contributed by atoms with Gasteiger partial charge in [-0.15, -0.1) is 0 Å². The first kappa shape index (κ1) is 23.6. The maximum Gasteiger partial charge on any atom is 0.0569 e. The van der Waals surface area contributed by atoms with Crippen LogP contribution < -0.4 is 0 Å². The van der Waals surface area contributed by atoms with E-state index in [0.29, 0.717) is 34.0 Å². The number of aliphatic hydroxyl groups excluding tert-OH is 1. The highest BCUT2D eigenvalue weighted by Gasteiger charge is 2.63. The van der Waals surface area contributed by atoms with E-state index in [9.17, 15) is 5.11 Å². The molecule has 176 valence electrons. The first-order valence-corrected chi connectivity index (χ1v) is 13.5. The van der Waals surface area contributed by atoms with E-state index in [2.05, 4.69) is 61.1 Å². The molecule has 4 aliphatic carbocycles. The largest absolute Gasteiger partial charge is 0.393 e. The van der Waals surface area contributed by atoms with Crippen LogP contribution in [0.15, 0.2) is 23.8 Å². The normalized spacial score (nSPS) is 47.9. The summed E-state index contributed by atoms with van der Waals surface area (Å²) in [6, 6.07) is 0. The molecule has 4 rings (SSSR count). The zero-order valence-corrected chi connectivity index (χ0v) is 21.6. The molecular formula is C30H50O. The van der Waals surface area contributed by atoms with E-state index in [-0.39, 0.29) is 6.10 Å². The molecule has 31 heavy (non-hydrogen) atoms. The van der Waals surface area contributed by atoms with Gasteiger partial charge in [-0.2, -0.15) is 0 Å². The fourth-order valence-electron chi connectivity index (χ4n) is 9.20. The van der Waals surface area contributed by atoms with Crippen molar-refractivity contribution in [3.63, 3.8) is 0 Å². The first-order chi connectivity index (χ1) is 14.5. The molecule has 0 aromatic rings. The number of hydrogen-bond donors (Lipinski definition) is 1. The van der Waals surface area contributed by atoms with Crippen LogP contribution in [0.25, 0.3) is 0 Å². The Morgan fingerprint density at radius 1 is 1.06 bits per heavy atom. The third-order valence-corrected chi connectivity index (χ3v) is 11.9. The Hall–Kier alpha value is -0.560. The summed E-state index contributed by atoms with van der Waals surface area (Å²) in [4.78, 5) is 0. The summed E-state index contributed by atoms with van der Waals surface area (Å²) < 4.78 is 0. The lowest BCUT2D eigenvalue weighted by Gasteiger charge is -2.62. The maximum absolute atomic E-state index is 10.6. The van der Waals surface area contributed by atoms with Crippen LogP contribution in [0.5, 0.6) is 0 Å². The van der Waals surface area contributed by atoms with Gasteiger partial charge in [0.1, 0.15) is 0 Å². The minimum atomic E-state index is -0.0861. The quantitative estimate of drug-likeness (QED) is 0.439.